The number of hydrogen-bond acceptors (Lipinski definition) is 7. The first kappa shape index (κ1) is 38.4. The molecule has 0 bridgehead atoms. The van der Waals surface area contributed by atoms with Crippen LogP contribution in [0.25, 0.3) is 11.8 Å². The quantitative estimate of drug-likeness (QED) is 0.134. The Balaban J connectivity index is 1.95. The molecule has 1 saturated heterocycles. The number of aliphatic imine (C=N–C) groups is 1. The Bertz CT molecular complexity index is 1600. The number of hydrogen-bond donors (Lipinski definition) is 1. The Hall–Kier alpha value is -4.05. The second-order valence-electron chi connectivity index (χ2n) is 12.2. The van der Waals surface area contributed by atoms with Gasteiger partial charge in [0.15, 0.2) is 0 Å². The Morgan fingerprint density at radius 2 is 2.00 bits per heavy atom. The number of carbonyl (C=O) groups is 1. The Morgan fingerprint density at radius 3 is 2.62 bits per heavy atom. The molecule has 1 fully saturated rings. The molecule has 1 aliphatic rings. The van der Waals surface area contributed by atoms with Crippen molar-refractivity contribution in [3.8, 4) is 12.0 Å². The van der Waals surface area contributed by atoms with Gasteiger partial charge in [-0.3, -0.25) is 0 Å². The minimum absolute atomic E-state index is 0.0536. The number of alkyl halides is 3. The topological polar surface area (TPSA) is 96.2 Å². The van der Waals surface area contributed by atoms with E-state index in [9.17, 15) is 18.0 Å². The van der Waals surface area contributed by atoms with Crippen molar-refractivity contribution >= 4 is 52.3 Å². The normalized spacial score (nSPS) is 16.7. The zero-order valence-corrected chi connectivity index (χ0v) is 29.6. The van der Waals surface area contributed by atoms with Crippen molar-refractivity contribution in [2.75, 3.05) is 13.2 Å². The summed E-state index contributed by atoms with van der Waals surface area (Å²) in [6.45, 7) is 11.4. The number of rotatable bonds is 12. The summed E-state index contributed by atoms with van der Waals surface area (Å²) >= 11 is 3.40. The van der Waals surface area contributed by atoms with E-state index < -0.39 is 23.4 Å². The molecule has 0 radical (unpaired) electrons. The van der Waals surface area contributed by atoms with Gasteiger partial charge in [0.1, 0.15) is 0 Å². The fraction of sp³-hybridized carbons (Fsp3) is 0.429. The van der Waals surface area contributed by atoms with Crippen LogP contribution in [-0.4, -0.2) is 54.3 Å². The van der Waals surface area contributed by atoms with E-state index in [1.54, 1.807) is 58.2 Å². The van der Waals surface area contributed by atoms with E-state index in [2.05, 4.69) is 21.2 Å². The van der Waals surface area contributed by atoms with Crippen LogP contribution in [0.1, 0.15) is 77.5 Å². The maximum atomic E-state index is 14.3. The molecule has 48 heavy (non-hydrogen) atoms. The molecular formula is C35H41BBrF3N4O4. The van der Waals surface area contributed by atoms with Crippen molar-refractivity contribution < 1.29 is 32.1 Å². The summed E-state index contributed by atoms with van der Waals surface area (Å²) in [4.78, 5) is 19.5. The molecule has 1 N–H and O–H groups in total. The second-order valence-corrected chi connectivity index (χ2v) is 13.1. The minimum atomic E-state index is -4.67. The van der Waals surface area contributed by atoms with Crippen LogP contribution in [-0.2, 0) is 15.6 Å². The Labute approximate surface area is 289 Å². The zero-order valence-electron chi connectivity index (χ0n) is 28.0. The van der Waals surface area contributed by atoms with Crippen molar-refractivity contribution in [2.45, 2.75) is 78.6 Å². The summed E-state index contributed by atoms with van der Waals surface area (Å²) < 4.78 is 59.7. The molecule has 0 saturated carbocycles. The second kappa shape index (κ2) is 17.4. The number of allylic oxidation sites excluding steroid dienone is 1. The van der Waals surface area contributed by atoms with Crippen LogP contribution in [0.4, 0.5) is 18.0 Å². The van der Waals surface area contributed by atoms with Gasteiger partial charge in [-0.25, -0.2) is 0 Å². The van der Waals surface area contributed by atoms with Crippen molar-refractivity contribution in [1.29, 1.82) is 5.26 Å². The number of halogens is 4. The van der Waals surface area contributed by atoms with Crippen LogP contribution >= 0.6 is 15.9 Å². The van der Waals surface area contributed by atoms with Gasteiger partial charge < -0.3 is 0 Å². The summed E-state index contributed by atoms with van der Waals surface area (Å²) in [5, 5.41) is 11.8. The van der Waals surface area contributed by atoms with Crippen molar-refractivity contribution in [2.24, 2.45) is 10.9 Å². The summed E-state index contributed by atoms with van der Waals surface area (Å²) in [5.74, 6) is -0.346. The third kappa shape index (κ3) is 11.3. The molecule has 2 aromatic carbocycles. The van der Waals surface area contributed by atoms with Gasteiger partial charge in [-0.2, -0.15) is 0 Å². The van der Waals surface area contributed by atoms with Crippen molar-refractivity contribution in [1.82, 2.24) is 10.2 Å². The number of nitrogens with zero attached hydrogens (tertiary/aromatic N) is 3. The summed E-state index contributed by atoms with van der Waals surface area (Å²) in [5.41, 5.74) is 0.814. The van der Waals surface area contributed by atoms with Crippen LogP contribution in [0.15, 0.2) is 64.1 Å². The first-order valence-electron chi connectivity index (χ1n) is 15.7. The van der Waals surface area contributed by atoms with E-state index >= 15 is 0 Å². The third-order valence-corrected chi connectivity index (χ3v) is 7.96. The standard InChI is InChI=1S/C35H41BBrF3N4O4/c1-7-23(3)31(29-15-10-18-44(29)32(36-47-22-41)43-33(45)48-34(4,5)6)42-28(8-2)25-16-17-30(27(21-25)35(38,39)40)46-19-11-13-24-12-9-14-26(37)20-24/h8-9,11-14,16-17,20-21,23,29H,7,10,15,18-19H2,1-6H3,(H,43,45)/b13-11+,28-8-,42-31?. The molecule has 8 nitrogen and oxygen atoms in total. The number of ether oxygens (including phenoxy) is 2. The molecule has 2 atom stereocenters. The average molecular weight is 729 g/mol. The van der Waals surface area contributed by atoms with E-state index in [-0.39, 0.29) is 35.6 Å². The Kier molecular flexibility index (Phi) is 13.9. The monoisotopic (exact) mass is 728 g/mol. The van der Waals surface area contributed by atoms with Gasteiger partial charge in [0.25, 0.3) is 0 Å². The van der Waals surface area contributed by atoms with Crippen LogP contribution in [0.2, 0.25) is 0 Å². The van der Waals surface area contributed by atoms with E-state index in [4.69, 9.17) is 24.4 Å². The van der Waals surface area contributed by atoms with Crippen LogP contribution in [0.5, 0.6) is 5.75 Å². The first-order chi connectivity index (χ1) is 22.7. The van der Waals surface area contributed by atoms with Gasteiger partial charge >= 0.3 is 228 Å². The van der Waals surface area contributed by atoms with Crippen molar-refractivity contribution in [3.63, 3.8) is 0 Å². The van der Waals surface area contributed by atoms with Gasteiger partial charge in [-0.05, 0) is 23.8 Å². The molecule has 1 aliphatic heterocycles. The van der Waals surface area contributed by atoms with Gasteiger partial charge in [-0.1, -0.05) is 34.1 Å². The number of amides is 1. The number of benzene rings is 2. The number of nitriles is 1. The van der Waals surface area contributed by atoms with Crippen LogP contribution in [0, 0.1) is 17.4 Å². The van der Waals surface area contributed by atoms with Crippen LogP contribution in [0.3, 0.4) is 0 Å². The van der Waals surface area contributed by atoms with Gasteiger partial charge in [0, 0.05) is 4.47 Å². The van der Waals surface area contributed by atoms with Gasteiger partial charge in [0.05, 0.1) is 0 Å². The molecule has 1 heterocycles. The van der Waals surface area contributed by atoms with Gasteiger partial charge in [-0.15, -0.1) is 0 Å². The fourth-order valence-electron chi connectivity index (χ4n) is 5.15. The first-order valence-corrected chi connectivity index (χ1v) is 16.5. The van der Waals surface area contributed by atoms with Crippen molar-refractivity contribution in [3.05, 3.63) is 75.8 Å². The number of alkyl carbamates (subject to hydrolysis) is 1. The molecule has 0 spiro atoms. The number of likely N-dealkylation sites (tertiary alicyclic amines) is 1. The van der Waals surface area contributed by atoms with E-state index in [0.717, 1.165) is 35.4 Å². The molecule has 0 aromatic heterocycles. The Morgan fingerprint density at radius 1 is 1.25 bits per heavy atom. The van der Waals surface area contributed by atoms with E-state index in [1.807, 2.05) is 43.0 Å². The maximum absolute atomic E-state index is 14.3. The fourth-order valence-corrected chi connectivity index (χ4v) is 5.56. The predicted molar refractivity (Wildman–Crippen MR) is 187 cm³/mol. The summed E-state index contributed by atoms with van der Waals surface area (Å²) in [7, 11) is 1.15. The van der Waals surface area contributed by atoms with Gasteiger partial charge in [0.2, 0.25) is 0 Å². The van der Waals surface area contributed by atoms with Crippen LogP contribution < -0.4 is 10.1 Å². The predicted octanol–water partition coefficient (Wildman–Crippen LogP) is 8.60. The zero-order chi connectivity index (χ0) is 35.5. The molecule has 2 unspecified atom stereocenters. The molecule has 0 aliphatic carbocycles. The van der Waals surface area contributed by atoms with E-state index in [0.29, 0.717) is 25.1 Å². The number of carbonyl (C=O) groups excluding carboxylic acids is 1. The molecule has 2 aromatic rings. The molecule has 256 valence electrons. The molecular weight excluding hydrogens is 688 g/mol. The summed E-state index contributed by atoms with van der Waals surface area (Å²) in [6.07, 6.45) is 3.42. The number of nitrogens with one attached hydrogen (secondary N) is 1. The average Bonchev–Trinajstić information content (AvgIpc) is 3.50. The summed E-state index contributed by atoms with van der Waals surface area (Å²) in [6, 6.07) is 11.1. The molecule has 3 rings (SSSR count). The molecule has 1 amide bonds. The molecule has 13 heteroatoms. The SMILES string of the molecule is C/C=C(\N=C(C(C)CC)C1CCCN1C(=BOC#N)NC(=O)OC(C)(C)C)c1ccc(OC/C=C/c2cccc(Br)c2)c(C(F)(F)F)c1. The van der Waals surface area contributed by atoms with E-state index in [1.165, 1.54) is 6.07 Å². The third-order valence-electron chi connectivity index (χ3n) is 7.47.